The summed E-state index contributed by atoms with van der Waals surface area (Å²) in [5.74, 6) is -0.355. The first-order chi connectivity index (χ1) is 11.0. The van der Waals surface area contributed by atoms with Gasteiger partial charge in [-0.25, -0.2) is 4.39 Å². The van der Waals surface area contributed by atoms with Crippen LogP contribution in [0.2, 0.25) is 0 Å². The lowest BCUT2D eigenvalue weighted by Gasteiger charge is -2.31. The fourth-order valence-electron chi connectivity index (χ4n) is 2.46. The van der Waals surface area contributed by atoms with Crippen LogP contribution in [0, 0.1) is 5.82 Å². The number of benzene rings is 1. The summed E-state index contributed by atoms with van der Waals surface area (Å²) in [6, 6.07) is 4.73. The molecule has 128 valence electrons. The Morgan fingerprint density at radius 2 is 2.30 bits per heavy atom. The molecule has 1 fully saturated rings. The third-order valence-electron chi connectivity index (χ3n) is 3.72. The minimum absolute atomic E-state index is 0.0833. The van der Waals surface area contributed by atoms with Crippen LogP contribution in [0.3, 0.4) is 0 Å². The largest absolute Gasteiger partial charge is 0.488 e. The van der Waals surface area contributed by atoms with Crippen molar-refractivity contribution in [2.45, 2.75) is 39.5 Å². The number of halogens is 1. The van der Waals surface area contributed by atoms with E-state index in [9.17, 15) is 9.18 Å². The number of carbonyl (C=O) groups is 1. The summed E-state index contributed by atoms with van der Waals surface area (Å²) in [6.07, 6.45) is -0.544. The highest BCUT2D eigenvalue weighted by Gasteiger charge is 2.25. The van der Waals surface area contributed by atoms with Gasteiger partial charge in [0.15, 0.2) is 11.6 Å². The van der Waals surface area contributed by atoms with Gasteiger partial charge in [-0.2, -0.15) is 0 Å². The molecule has 1 aliphatic heterocycles. The van der Waals surface area contributed by atoms with Gasteiger partial charge in [-0.1, -0.05) is 13.0 Å². The molecule has 2 rings (SSSR count). The molecule has 1 N–H and O–H groups in total. The monoisotopic (exact) mass is 324 g/mol. The number of hydrogen-bond acceptors (Lipinski definition) is 4. The molecule has 1 saturated heterocycles. The molecular weight excluding hydrogens is 299 g/mol. The van der Waals surface area contributed by atoms with E-state index in [1.807, 2.05) is 13.8 Å². The van der Waals surface area contributed by atoms with Crippen LogP contribution >= 0.6 is 0 Å². The maximum Gasteiger partial charge on any atom is 0.250 e. The predicted molar refractivity (Wildman–Crippen MR) is 85.9 cm³/mol. The molecule has 0 radical (unpaired) electrons. The van der Waals surface area contributed by atoms with Crippen LogP contribution in [0.25, 0.3) is 0 Å². The Labute approximate surface area is 136 Å². The fourth-order valence-corrected chi connectivity index (χ4v) is 2.46. The summed E-state index contributed by atoms with van der Waals surface area (Å²) in [4.78, 5) is 14.3. The summed E-state index contributed by atoms with van der Waals surface area (Å²) in [5, 5.41) is 2.80. The third-order valence-corrected chi connectivity index (χ3v) is 3.72. The quantitative estimate of drug-likeness (QED) is 0.869. The highest BCUT2D eigenvalue weighted by molar-refractivity contribution is 5.81. The number of ether oxygens (including phenoxy) is 2. The number of carbonyl (C=O) groups excluding carboxylic acids is 1. The van der Waals surface area contributed by atoms with Crippen molar-refractivity contribution in [2.75, 3.05) is 26.2 Å². The topological polar surface area (TPSA) is 50.8 Å². The summed E-state index contributed by atoms with van der Waals surface area (Å²) < 4.78 is 24.8. The van der Waals surface area contributed by atoms with Crippen molar-refractivity contribution in [3.8, 4) is 5.75 Å². The van der Waals surface area contributed by atoms with Crippen molar-refractivity contribution in [2.24, 2.45) is 0 Å². The Balaban J connectivity index is 1.87. The van der Waals surface area contributed by atoms with Crippen molar-refractivity contribution >= 4 is 5.91 Å². The molecule has 1 aromatic rings. The van der Waals surface area contributed by atoms with Gasteiger partial charge in [0.05, 0.1) is 12.7 Å². The van der Waals surface area contributed by atoms with E-state index in [4.69, 9.17) is 9.47 Å². The van der Waals surface area contributed by atoms with Gasteiger partial charge in [0.2, 0.25) is 0 Å². The predicted octanol–water partition coefficient (Wildman–Crippen LogP) is 1.95. The van der Waals surface area contributed by atoms with Crippen LogP contribution in [0.1, 0.15) is 26.3 Å². The van der Waals surface area contributed by atoms with Gasteiger partial charge in [-0.3, -0.25) is 9.69 Å². The van der Waals surface area contributed by atoms with E-state index in [0.717, 1.165) is 13.1 Å². The Kier molecular flexibility index (Phi) is 6.36. The molecule has 5 nitrogen and oxygen atoms in total. The molecule has 1 heterocycles. The molecule has 1 amide bonds. The molecule has 0 aromatic heterocycles. The van der Waals surface area contributed by atoms with Crippen LogP contribution in [-0.4, -0.2) is 49.3 Å². The summed E-state index contributed by atoms with van der Waals surface area (Å²) >= 11 is 0. The summed E-state index contributed by atoms with van der Waals surface area (Å²) in [6.45, 7) is 8.92. The lowest BCUT2D eigenvalue weighted by molar-refractivity contribution is -0.138. The minimum atomic E-state index is -0.461. The van der Waals surface area contributed by atoms with Gasteiger partial charge in [0.1, 0.15) is 6.10 Å². The highest BCUT2D eigenvalue weighted by atomic mass is 19.1. The summed E-state index contributed by atoms with van der Waals surface area (Å²) in [7, 11) is 0. The van der Waals surface area contributed by atoms with Crippen LogP contribution in [0.15, 0.2) is 18.2 Å². The van der Waals surface area contributed by atoms with Crippen molar-refractivity contribution in [1.29, 1.82) is 0 Å². The SMILES string of the molecule is CCN1CCOC(C(=O)NCc2ccc(OC(C)C)c(F)c2)C1. The molecule has 6 heteroatoms. The Morgan fingerprint density at radius 3 is 2.96 bits per heavy atom. The van der Waals surface area contributed by atoms with E-state index in [1.165, 1.54) is 6.07 Å². The number of rotatable bonds is 6. The second-order valence-corrected chi connectivity index (χ2v) is 5.90. The second-order valence-electron chi connectivity index (χ2n) is 5.90. The number of nitrogens with zero attached hydrogens (tertiary/aromatic N) is 1. The minimum Gasteiger partial charge on any atom is -0.488 e. The van der Waals surface area contributed by atoms with E-state index < -0.39 is 11.9 Å². The van der Waals surface area contributed by atoms with Crippen LogP contribution in [0.5, 0.6) is 5.75 Å². The molecule has 1 unspecified atom stereocenters. The third kappa shape index (κ3) is 5.18. The lowest BCUT2D eigenvalue weighted by atomic mass is 10.2. The Bertz CT molecular complexity index is 537. The molecule has 1 aromatic carbocycles. The number of morpholine rings is 1. The maximum absolute atomic E-state index is 13.9. The van der Waals surface area contributed by atoms with Crippen LogP contribution in [-0.2, 0) is 16.1 Å². The lowest BCUT2D eigenvalue weighted by Crippen LogP contribution is -2.49. The number of amides is 1. The van der Waals surface area contributed by atoms with Gasteiger partial charge < -0.3 is 14.8 Å². The summed E-state index contributed by atoms with van der Waals surface area (Å²) in [5.41, 5.74) is 0.690. The second kappa shape index (κ2) is 8.26. The van der Waals surface area contributed by atoms with E-state index in [0.29, 0.717) is 18.7 Å². The average molecular weight is 324 g/mol. The van der Waals surface area contributed by atoms with Crippen molar-refractivity contribution < 1.29 is 18.7 Å². The zero-order chi connectivity index (χ0) is 16.8. The smallest absolute Gasteiger partial charge is 0.250 e. The maximum atomic E-state index is 13.9. The van der Waals surface area contributed by atoms with E-state index in [-0.39, 0.29) is 24.3 Å². The van der Waals surface area contributed by atoms with Gasteiger partial charge in [0.25, 0.3) is 5.91 Å². The van der Waals surface area contributed by atoms with Crippen LogP contribution in [0.4, 0.5) is 4.39 Å². The van der Waals surface area contributed by atoms with E-state index in [2.05, 4.69) is 17.1 Å². The van der Waals surface area contributed by atoms with Crippen molar-refractivity contribution in [3.63, 3.8) is 0 Å². The van der Waals surface area contributed by atoms with E-state index in [1.54, 1.807) is 12.1 Å². The molecule has 1 atom stereocenters. The molecule has 1 aliphatic rings. The Hall–Kier alpha value is -1.66. The fraction of sp³-hybridized carbons (Fsp3) is 0.588. The standard InChI is InChI=1S/C17H25FN2O3/c1-4-20-7-8-22-16(11-20)17(21)19-10-13-5-6-15(14(18)9-13)23-12(2)3/h5-6,9,12,16H,4,7-8,10-11H2,1-3H3,(H,19,21). The van der Waals surface area contributed by atoms with Crippen molar-refractivity contribution in [3.05, 3.63) is 29.6 Å². The normalized spacial score (nSPS) is 18.9. The number of hydrogen-bond donors (Lipinski definition) is 1. The average Bonchev–Trinajstić information content (AvgIpc) is 2.54. The van der Waals surface area contributed by atoms with Gasteiger partial charge >= 0.3 is 0 Å². The zero-order valence-electron chi connectivity index (χ0n) is 14.0. The Morgan fingerprint density at radius 1 is 1.52 bits per heavy atom. The zero-order valence-corrected chi connectivity index (χ0v) is 14.0. The highest BCUT2D eigenvalue weighted by Crippen LogP contribution is 2.19. The molecule has 23 heavy (non-hydrogen) atoms. The van der Waals surface area contributed by atoms with Crippen molar-refractivity contribution in [1.82, 2.24) is 10.2 Å². The first-order valence-corrected chi connectivity index (χ1v) is 8.06. The van der Waals surface area contributed by atoms with Gasteiger partial charge in [-0.15, -0.1) is 0 Å². The van der Waals surface area contributed by atoms with Crippen LogP contribution < -0.4 is 10.1 Å². The molecular formula is C17H25FN2O3. The van der Waals surface area contributed by atoms with Gasteiger partial charge in [-0.05, 0) is 38.1 Å². The molecule has 0 bridgehead atoms. The first-order valence-electron chi connectivity index (χ1n) is 8.06. The number of likely N-dealkylation sites (N-methyl/N-ethyl adjacent to an activating group) is 1. The van der Waals surface area contributed by atoms with E-state index >= 15 is 0 Å². The molecule has 0 spiro atoms. The molecule has 0 saturated carbocycles. The number of nitrogens with one attached hydrogen (secondary N) is 1. The molecule has 0 aliphatic carbocycles. The van der Waals surface area contributed by atoms with Gasteiger partial charge in [0, 0.05) is 19.6 Å². The first kappa shape index (κ1) is 17.7.